The van der Waals surface area contributed by atoms with Gasteiger partial charge in [0.2, 0.25) is 5.91 Å². The van der Waals surface area contributed by atoms with Gasteiger partial charge in [0, 0.05) is 51.3 Å². The van der Waals surface area contributed by atoms with Gasteiger partial charge in [-0.15, -0.1) is 0 Å². The van der Waals surface area contributed by atoms with E-state index in [4.69, 9.17) is 0 Å². The van der Waals surface area contributed by atoms with Gasteiger partial charge in [-0.2, -0.15) is 0 Å². The Hall–Kier alpha value is -2.50. The van der Waals surface area contributed by atoms with Crippen molar-refractivity contribution in [1.82, 2.24) is 19.9 Å². The smallest absolute Gasteiger partial charge is 0.222 e. The first-order valence-electron chi connectivity index (χ1n) is 9.40. The second kappa shape index (κ2) is 9.27. The third kappa shape index (κ3) is 5.00. The van der Waals surface area contributed by atoms with E-state index < -0.39 is 0 Å². The molecule has 3 heterocycles. The van der Waals surface area contributed by atoms with E-state index in [2.05, 4.69) is 20.3 Å². The lowest BCUT2D eigenvalue weighted by molar-refractivity contribution is -0.133. The van der Waals surface area contributed by atoms with Crippen LogP contribution in [0, 0.1) is 5.92 Å². The number of rotatable bonds is 7. The zero-order valence-corrected chi connectivity index (χ0v) is 15.4. The van der Waals surface area contributed by atoms with E-state index in [9.17, 15) is 4.79 Å². The summed E-state index contributed by atoms with van der Waals surface area (Å²) in [6, 6.07) is 4.03. The predicted molar refractivity (Wildman–Crippen MR) is 102 cm³/mol. The van der Waals surface area contributed by atoms with Gasteiger partial charge in [-0.3, -0.25) is 14.8 Å². The van der Waals surface area contributed by atoms with Crippen LogP contribution in [-0.2, 0) is 17.6 Å². The van der Waals surface area contributed by atoms with Gasteiger partial charge >= 0.3 is 0 Å². The highest BCUT2D eigenvalue weighted by Gasteiger charge is 2.24. The molecule has 1 atom stereocenters. The quantitative estimate of drug-likeness (QED) is 0.829. The lowest BCUT2D eigenvalue weighted by atomic mass is 9.93. The summed E-state index contributed by atoms with van der Waals surface area (Å²) in [6.45, 7) is 1.71. The standard InChI is InChI=1S/C20H27N5O/c1-21-20-18(23-11-12-24-20)14-17-5-3-13-25(15-17)19(26)6-2-4-16-7-9-22-10-8-16/h7-12,17H,2-6,13-15H2,1H3,(H,21,24)/t17-/m1/s1. The maximum Gasteiger partial charge on any atom is 0.222 e. The van der Waals surface area contributed by atoms with Gasteiger partial charge in [-0.05, 0) is 55.7 Å². The summed E-state index contributed by atoms with van der Waals surface area (Å²) in [7, 11) is 1.87. The van der Waals surface area contributed by atoms with Gasteiger partial charge < -0.3 is 10.2 Å². The molecule has 138 valence electrons. The van der Waals surface area contributed by atoms with Gasteiger partial charge in [0.25, 0.3) is 0 Å². The lowest BCUT2D eigenvalue weighted by Gasteiger charge is -2.33. The molecular formula is C20H27N5O. The topological polar surface area (TPSA) is 71.0 Å². The monoisotopic (exact) mass is 353 g/mol. The Bertz CT molecular complexity index is 706. The summed E-state index contributed by atoms with van der Waals surface area (Å²) in [5.41, 5.74) is 2.23. The molecule has 1 amide bonds. The third-order valence-corrected chi connectivity index (χ3v) is 4.97. The molecule has 1 fully saturated rings. The molecule has 0 aromatic carbocycles. The molecule has 26 heavy (non-hydrogen) atoms. The molecular weight excluding hydrogens is 326 g/mol. The summed E-state index contributed by atoms with van der Waals surface area (Å²) >= 11 is 0. The van der Waals surface area contributed by atoms with Crippen LogP contribution in [0.25, 0.3) is 0 Å². The molecule has 1 N–H and O–H groups in total. The minimum absolute atomic E-state index is 0.275. The van der Waals surface area contributed by atoms with Crippen molar-refractivity contribution < 1.29 is 4.79 Å². The lowest BCUT2D eigenvalue weighted by Crippen LogP contribution is -2.40. The average molecular weight is 353 g/mol. The van der Waals surface area contributed by atoms with Crippen LogP contribution in [0.3, 0.4) is 0 Å². The van der Waals surface area contributed by atoms with E-state index in [0.717, 1.165) is 56.7 Å². The SMILES string of the molecule is CNc1nccnc1C[C@H]1CCCN(C(=O)CCCc2ccncc2)C1. The molecule has 0 aliphatic carbocycles. The number of carbonyl (C=O) groups excluding carboxylic acids is 1. The first-order valence-corrected chi connectivity index (χ1v) is 9.40. The van der Waals surface area contributed by atoms with Crippen LogP contribution in [0.1, 0.15) is 36.9 Å². The number of hydrogen-bond acceptors (Lipinski definition) is 5. The maximum atomic E-state index is 12.6. The molecule has 2 aromatic rings. The number of pyridine rings is 1. The van der Waals surface area contributed by atoms with Crippen molar-refractivity contribution in [2.24, 2.45) is 5.92 Å². The number of aryl methyl sites for hydroxylation is 1. The summed E-state index contributed by atoms with van der Waals surface area (Å²) in [6.07, 6.45) is 12.5. The zero-order valence-electron chi connectivity index (χ0n) is 15.4. The van der Waals surface area contributed by atoms with Crippen molar-refractivity contribution in [3.05, 3.63) is 48.2 Å². The summed E-state index contributed by atoms with van der Waals surface area (Å²) in [5, 5.41) is 3.10. The number of aromatic nitrogens is 3. The van der Waals surface area contributed by atoms with Crippen LogP contribution >= 0.6 is 0 Å². The summed E-state index contributed by atoms with van der Waals surface area (Å²) < 4.78 is 0. The molecule has 6 heteroatoms. The fourth-order valence-corrected chi connectivity index (χ4v) is 3.61. The number of anilines is 1. The fourth-order valence-electron chi connectivity index (χ4n) is 3.61. The van der Waals surface area contributed by atoms with Gasteiger partial charge in [0.1, 0.15) is 5.82 Å². The molecule has 0 spiro atoms. The van der Waals surface area contributed by atoms with Crippen molar-refractivity contribution in [1.29, 1.82) is 0 Å². The average Bonchev–Trinajstić information content (AvgIpc) is 2.69. The number of hydrogen-bond donors (Lipinski definition) is 1. The van der Waals surface area contributed by atoms with E-state index in [1.165, 1.54) is 5.56 Å². The first kappa shape index (κ1) is 18.3. The van der Waals surface area contributed by atoms with Gasteiger partial charge in [-0.25, -0.2) is 4.98 Å². The second-order valence-electron chi connectivity index (χ2n) is 6.86. The summed E-state index contributed by atoms with van der Waals surface area (Å²) in [4.78, 5) is 27.4. The molecule has 0 bridgehead atoms. The van der Waals surface area contributed by atoms with E-state index in [1.807, 2.05) is 24.1 Å². The third-order valence-electron chi connectivity index (χ3n) is 4.97. The minimum Gasteiger partial charge on any atom is -0.372 e. The van der Waals surface area contributed by atoms with E-state index in [0.29, 0.717) is 12.3 Å². The number of piperidine rings is 1. The Labute approximate surface area is 155 Å². The molecule has 0 saturated carbocycles. The molecule has 0 unspecified atom stereocenters. The maximum absolute atomic E-state index is 12.6. The van der Waals surface area contributed by atoms with Crippen LogP contribution in [0.4, 0.5) is 5.82 Å². The van der Waals surface area contributed by atoms with E-state index in [1.54, 1.807) is 24.8 Å². The number of amides is 1. The van der Waals surface area contributed by atoms with Crippen molar-refractivity contribution in [3.8, 4) is 0 Å². The molecule has 2 aromatic heterocycles. The Kier molecular flexibility index (Phi) is 6.52. The molecule has 1 saturated heterocycles. The summed E-state index contributed by atoms with van der Waals surface area (Å²) in [5.74, 6) is 1.57. The van der Waals surface area contributed by atoms with E-state index >= 15 is 0 Å². The largest absolute Gasteiger partial charge is 0.372 e. The molecule has 1 aliphatic rings. The Balaban J connectivity index is 1.49. The van der Waals surface area contributed by atoms with Crippen molar-refractivity contribution >= 4 is 11.7 Å². The van der Waals surface area contributed by atoms with Gasteiger partial charge in [0.05, 0.1) is 5.69 Å². The van der Waals surface area contributed by atoms with Gasteiger partial charge in [-0.1, -0.05) is 0 Å². The molecule has 0 radical (unpaired) electrons. The van der Waals surface area contributed by atoms with Crippen LogP contribution in [-0.4, -0.2) is 45.9 Å². The Morgan fingerprint density at radius 2 is 2.04 bits per heavy atom. The van der Waals surface area contributed by atoms with Crippen LogP contribution < -0.4 is 5.32 Å². The fraction of sp³-hybridized carbons (Fsp3) is 0.500. The highest BCUT2D eigenvalue weighted by atomic mass is 16.2. The zero-order chi connectivity index (χ0) is 18.2. The Morgan fingerprint density at radius 1 is 1.23 bits per heavy atom. The minimum atomic E-state index is 0.275. The second-order valence-corrected chi connectivity index (χ2v) is 6.86. The normalized spacial score (nSPS) is 17.1. The van der Waals surface area contributed by atoms with Crippen LogP contribution in [0.15, 0.2) is 36.9 Å². The molecule has 6 nitrogen and oxygen atoms in total. The highest BCUT2D eigenvalue weighted by Crippen LogP contribution is 2.23. The van der Waals surface area contributed by atoms with Crippen molar-refractivity contribution in [2.45, 2.75) is 38.5 Å². The highest BCUT2D eigenvalue weighted by molar-refractivity contribution is 5.76. The number of carbonyl (C=O) groups is 1. The van der Waals surface area contributed by atoms with E-state index in [-0.39, 0.29) is 5.91 Å². The number of likely N-dealkylation sites (tertiary alicyclic amines) is 1. The van der Waals surface area contributed by atoms with Crippen molar-refractivity contribution in [3.63, 3.8) is 0 Å². The van der Waals surface area contributed by atoms with Crippen LogP contribution in [0.5, 0.6) is 0 Å². The first-order chi connectivity index (χ1) is 12.8. The number of nitrogens with one attached hydrogen (secondary N) is 1. The Morgan fingerprint density at radius 3 is 2.85 bits per heavy atom. The van der Waals surface area contributed by atoms with Crippen LogP contribution in [0.2, 0.25) is 0 Å². The predicted octanol–water partition coefficient (Wildman–Crippen LogP) is 2.72. The number of nitrogens with zero attached hydrogens (tertiary/aromatic N) is 4. The molecule has 1 aliphatic heterocycles. The van der Waals surface area contributed by atoms with Gasteiger partial charge in [0.15, 0.2) is 0 Å². The van der Waals surface area contributed by atoms with Crippen molar-refractivity contribution in [2.75, 3.05) is 25.5 Å². The molecule has 3 rings (SSSR count).